The summed E-state index contributed by atoms with van der Waals surface area (Å²) < 4.78 is 5.18. The summed E-state index contributed by atoms with van der Waals surface area (Å²) in [5.74, 6) is -0.933. The van der Waals surface area contributed by atoms with Crippen molar-refractivity contribution in [2.75, 3.05) is 12.0 Å². The van der Waals surface area contributed by atoms with E-state index in [2.05, 4.69) is 0 Å². The number of hydrogen-bond acceptors (Lipinski definition) is 6. The number of non-ortho nitro benzene ring substituents is 1. The fraction of sp³-hybridized carbons (Fsp3) is 0.0833. The quantitative estimate of drug-likeness (QED) is 0.287. The molecule has 4 rings (SSSR count). The van der Waals surface area contributed by atoms with Crippen LogP contribution in [0.3, 0.4) is 0 Å². The van der Waals surface area contributed by atoms with Gasteiger partial charge in [0.15, 0.2) is 0 Å². The van der Waals surface area contributed by atoms with Gasteiger partial charge in [-0.05, 0) is 35.4 Å². The van der Waals surface area contributed by atoms with Crippen LogP contribution in [-0.4, -0.2) is 23.7 Å². The Balaban J connectivity index is 1.95. The summed E-state index contributed by atoms with van der Waals surface area (Å²) in [6.45, 7) is 0. The lowest BCUT2D eigenvalue weighted by atomic mass is 9.94. The van der Waals surface area contributed by atoms with Crippen LogP contribution in [0.5, 0.6) is 5.75 Å². The average molecular weight is 429 g/mol. The van der Waals surface area contributed by atoms with Gasteiger partial charge in [-0.15, -0.1) is 0 Å². The molecule has 8 nitrogen and oxygen atoms in total. The fourth-order valence-corrected chi connectivity index (χ4v) is 3.77. The molecule has 3 aromatic carbocycles. The van der Waals surface area contributed by atoms with Crippen molar-refractivity contribution in [3.8, 4) is 5.75 Å². The van der Waals surface area contributed by atoms with E-state index < -0.39 is 22.7 Å². The lowest BCUT2D eigenvalue weighted by molar-refractivity contribution is -0.384. The van der Waals surface area contributed by atoms with Gasteiger partial charge in [0.2, 0.25) is 0 Å². The Morgan fingerprint density at radius 3 is 2.31 bits per heavy atom. The maximum Gasteiger partial charge on any atom is 0.300 e. The summed E-state index contributed by atoms with van der Waals surface area (Å²) in [7, 11) is 1.52. The number of amides is 1. The molecule has 0 aromatic heterocycles. The molecule has 32 heavy (non-hydrogen) atoms. The molecule has 160 valence electrons. The van der Waals surface area contributed by atoms with Crippen LogP contribution in [-0.2, 0) is 9.59 Å². The van der Waals surface area contributed by atoms with Gasteiger partial charge in [-0.1, -0.05) is 42.5 Å². The van der Waals surface area contributed by atoms with Crippen molar-refractivity contribution >= 4 is 28.8 Å². The Morgan fingerprint density at radius 1 is 1.00 bits per heavy atom. The first kappa shape index (κ1) is 20.8. The van der Waals surface area contributed by atoms with E-state index in [1.165, 1.54) is 30.2 Å². The molecule has 0 unspecified atom stereocenters. The molecule has 3 aromatic rings. The molecule has 1 amide bonds. The maximum absolute atomic E-state index is 13.1. The predicted octanol–water partition coefficient (Wildman–Crippen LogP) is 3.63. The topological polar surface area (TPSA) is 116 Å². The minimum Gasteiger partial charge on any atom is -0.497 e. The van der Waals surface area contributed by atoms with E-state index in [0.717, 1.165) is 0 Å². The van der Waals surface area contributed by atoms with E-state index in [4.69, 9.17) is 10.5 Å². The first-order valence-electron chi connectivity index (χ1n) is 9.73. The Labute approximate surface area is 183 Å². The zero-order valence-corrected chi connectivity index (χ0v) is 17.1. The highest BCUT2D eigenvalue weighted by molar-refractivity contribution is 6.51. The number of nitrogens with zero attached hydrogens (tertiary/aromatic N) is 2. The highest BCUT2D eigenvalue weighted by Crippen LogP contribution is 2.42. The predicted molar refractivity (Wildman–Crippen MR) is 119 cm³/mol. The minimum atomic E-state index is -0.927. The lowest BCUT2D eigenvalue weighted by Crippen LogP contribution is -2.29. The number of hydrogen-bond donors (Lipinski definition) is 1. The van der Waals surface area contributed by atoms with Crippen LogP contribution in [0.2, 0.25) is 0 Å². The Kier molecular flexibility index (Phi) is 5.43. The van der Waals surface area contributed by atoms with Crippen LogP contribution in [0.1, 0.15) is 17.2 Å². The van der Waals surface area contributed by atoms with E-state index >= 15 is 0 Å². The molecule has 0 aliphatic carbocycles. The summed E-state index contributed by atoms with van der Waals surface area (Å²) in [4.78, 5) is 38.4. The number of anilines is 1. The molecule has 1 saturated heterocycles. The second kappa shape index (κ2) is 8.35. The second-order valence-electron chi connectivity index (χ2n) is 7.15. The number of nitrogens with two attached hydrogens (primary N) is 1. The molecule has 2 N–H and O–H groups in total. The molecule has 1 fully saturated rings. The van der Waals surface area contributed by atoms with Crippen LogP contribution in [0.4, 0.5) is 11.4 Å². The van der Waals surface area contributed by atoms with Gasteiger partial charge >= 0.3 is 0 Å². The summed E-state index contributed by atoms with van der Waals surface area (Å²) in [6.07, 6.45) is 0. The van der Waals surface area contributed by atoms with E-state index in [-0.39, 0.29) is 17.0 Å². The Bertz CT molecular complexity index is 1240. The number of methoxy groups -OCH3 is 1. The number of Topliss-reactive ketones (excluding diaryl/α,β-unsaturated/α-hetero) is 1. The number of nitro benzene ring substituents is 1. The summed E-state index contributed by atoms with van der Waals surface area (Å²) in [5, 5.41) is 11.4. The van der Waals surface area contributed by atoms with Crippen LogP contribution in [0.15, 0.2) is 84.4 Å². The van der Waals surface area contributed by atoms with Crippen molar-refractivity contribution in [2.24, 2.45) is 5.73 Å². The fourth-order valence-electron chi connectivity index (χ4n) is 3.77. The number of ketones is 1. The number of nitro groups is 1. The second-order valence-corrected chi connectivity index (χ2v) is 7.15. The number of benzene rings is 3. The zero-order chi connectivity index (χ0) is 22.8. The third-order valence-corrected chi connectivity index (χ3v) is 5.31. The SMILES string of the molecule is COc1ccc(N2C(=O)C(=O)/C(=C(\N)c3ccccc3)[C@H]2c2cccc([N+](=O)[O-])c2)cc1. The molecule has 1 aliphatic heterocycles. The molecule has 1 atom stereocenters. The van der Waals surface area contributed by atoms with Crippen LogP contribution in [0, 0.1) is 10.1 Å². The van der Waals surface area contributed by atoms with E-state index in [1.54, 1.807) is 54.6 Å². The number of rotatable bonds is 5. The molecule has 0 radical (unpaired) electrons. The van der Waals surface area contributed by atoms with E-state index in [1.807, 2.05) is 6.07 Å². The van der Waals surface area contributed by atoms with Crippen molar-refractivity contribution in [3.63, 3.8) is 0 Å². The summed E-state index contributed by atoms with van der Waals surface area (Å²) in [6, 6.07) is 20.4. The van der Waals surface area contributed by atoms with E-state index in [9.17, 15) is 19.7 Å². The highest BCUT2D eigenvalue weighted by atomic mass is 16.6. The van der Waals surface area contributed by atoms with Crippen LogP contribution < -0.4 is 15.4 Å². The van der Waals surface area contributed by atoms with Gasteiger partial charge in [0.05, 0.1) is 23.6 Å². The van der Waals surface area contributed by atoms with Crippen molar-refractivity contribution < 1.29 is 19.2 Å². The van der Waals surface area contributed by atoms with E-state index in [0.29, 0.717) is 22.6 Å². The van der Waals surface area contributed by atoms with Crippen molar-refractivity contribution in [1.82, 2.24) is 0 Å². The van der Waals surface area contributed by atoms with Gasteiger partial charge in [-0.2, -0.15) is 0 Å². The molecule has 0 bridgehead atoms. The normalized spacial score (nSPS) is 17.4. The number of carbonyl (C=O) groups is 2. The van der Waals surface area contributed by atoms with Gasteiger partial charge in [0, 0.05) is 23.5 Å². The lowest BCUT2D eigenvalue weighted by Gasteiger charge is -2.25. The standard InChI is InChI=1S/C24H19N3O5/c1-32-19-12-10-17(11-13-19)26-22(16-8-5-9-18(14-16)27(30)31)20(23(28)24(26)29)21(25)15-6-3-2-4-7-15/h2-14,22H,25H2,1H3/b21-20-/t22-/m1/s1. The van der Waals surface area contributed by atoms with Gasteiger partial charge < -0.3 is 10.5 Å². The van der Waals surface area contributed by atoms with Gasteiger partial charge in [0.25, 0.3) is 17.4 Å². The first-order valence-corrected chi connectivity index (χ1v) is 9.73. The molecule has 8 heteroatoms. The summed E-state index contributed by atoms with van der Waals surface area (Å²) in [5.41, 5.74) is 7.90. The van der Waals surface area contributed by atoms with Gasteiger partial charge in [-0.25, -0.2) is 0 Å². The monoisotopic (exact) mass is 429 g/mol. The zero-order valence-electron chi connectivity index (χ0n) is 17.1. The largest absolute Gasteiger partial charge is 0.497 e. The van der Waals surface area contributed by atoms with Crippen LogP contribution in [0.25, 0.3) is 5.70 Å². The third-order valence-electron chi connectivity index (χ3n) is 5.31. The number of ether oxygens (including phenoxy) is 1. The molecule has 0 saturated carbocycles. The Hall–Kier alpha value is -4.46. The van der Waals surface area contributed by atoms with Gasteiger partial charge in [0.1, 0.15) is 5.75 Å². The molecule has 0 spiro atoms. The molecular formula is C24H19N3O5. The third kappa shape index (κ3) is 3.58. The van der Waals surface area contributed by atoms with Gasteiger partial charge in [-0.3, -0.25) is 24.6 Å². The average Bonchev–Trinajstić information content (AvgIpc) is 3.09. The smallest absolute Gasteiger partial charge is 0.300 e. The summed E-state index contributed by atoms with van der Waals surface area (Å²) >= 11 is 0. The molecular weight excluding hydrogens is 410 g/mol. The first-order chi connectivity index (χ1) is 15.4. The van der Waals surface area contributed by atoms with Crippen molar-refractivity contribution in [3.05, 3.63) is 106 Å². The van der Waals surface area contributed by atoms with Crippen molar-refractivity contribution in [2.45, 2.75) is 6.04 Å². The molecule has 1 aliphatic rings. The highest BCUT2D eigenvalue weighted by Gasteiger charge is 2.46. The maximum atomic E-state index is 13.1. The Morgan fingerprint density at radius 2 is 1.69 bits per heavy atom. The minimum absolute atomic E-state index is 0.0810. The number of carbonyl (C=O) groups excluding carboxylic acids is 2. The van der Waals surface area contributed by atoms with Crippen LogP contribution >= 0.6 is 0 Å². The molecule has 1 heterocycles. The van der Waals surface area contributed by atoms with Crippen molar-refractivity contribution in [1.29, 1.82) is 0 Å².